The molecule has 7 heteroatoms. The fraction of sp³-hybridized carbons (Fsp3) is 0.320. The first-order chi connectivity index (χ1) is 15.4. The summed E-state index contributed by atoms with van der Waals surface area (Å²) >= 11 is 1.66. The van der Waals surface area contributed by atoms with Crippen LogP contribution in [0.2, 0.25) is 0 Å². The van der Waals surface area contributed by atoms with Gasteiger partial charge in [0.1, 0.15) is 10.7 Å². The van der Waals surface area contributed by atoms with Crippen LogP contribution in [0.4, 0.5) is 5.69 Å². The van der Waals surface area contributed by atoms with Gasteiger partial charge in [0.25, 0.3) is 0 Å². The SMILES string of the molecule is Cc1ccc(-c2csc(-c3cccc(N4C(N)=NC(N)=NC45CCCCC5)c3)n2)c(C)c1. The van der Waals surface area contributed by atoms with E-state index in [2.05, 4.69) is 65.5 Å². The second-order valence-electron chi connectivity index (χ2n) is 8.73. The average Bonchev–Trinajstić information content (AvgIpc) is 3.24. The summed E-state index contributed by atoms with van der Waals surface area (Å²) < 4.78 is 0. The number of aliphatic imine (C=N–C) groups is 2. The van der Waals surface area contributed by atoms with Crippen LogP contribution in [-0.2, 0) is 0 Å². The molecule has 5 rings (SSSR count). The molecule has 1 aliphatic carbocycles. The Kier molecular flexibility index (Phi) is 5.21. The summed E-state index contributed by atoms with van der Waals surface area (Å²) in [6.45, 7) is 4.25. The molecule has 164 valence electrons. The third-order valence-corrected chi connectivity index (χ3v) is 7.26. The number of guanidine groups is 2. The van der Waals surface area contributed by atoms with Crippen molar-refractivity contribution >= 4 is 28.9 Å². The van der Waals surface area contributed by atoms with E-state index in [4.69, 9.17) is 21.4 Å². The molecule has 1 aliphatic heterocycles. The molecule has 0 saturated heterocycles. The Hall–Kier alpha value is -3.19. The van der Waals surface area contributed by atoms with Crippen LogP contribution in [-0.4, -0.2) is 22.6 Å². The van der Waals surface area contributed by atoms with Crippen LogP contribution in [0.3, 0.4) is 0 Å². The largest absolute Gasteiger partial charge is 0.369 e. The first-order valence-electron chi connectivity index (χ1n) is 11.1. The number of nitrogens with two attached hydrogens (primary N) is 2. The standard InChI is InChI=1S/C25H28N6S/c1-16-9-10-20(17(2)13-16)21-15-32-22(28-21)18-7-6-8-19(14-18)31-24(27)29-23(26)30-25(31)11-4-3-5-12-25/h6-10,13-15H,3-5,11-12H2,1-2H3,(H4,26,27,29,30). The van der Waals surface area contributed by atoms with Gasteiger partial charge in [-0.15, -0.1) is 11.3 Å². The molecule has 0 amide bonds. The summed E-state index contributed by atoms with van der Waals surface area (Å²) in [5.41, 5.74) is 18.7. The van der Waals surface area contributed by atoms with Crippen molar-refractivity contribution in [3.05, 3.63) is 59.0 Å². The third kappa shape index (κ3) is 3.66. The molecule has 0 bridgehead atoms. The van der Waals surface area contributed by atoms with E-state index in [9.17, 15) is 0 Å². The zero-order chi connectivity index (χ0) is 22.3. The zero-order valence-corrected chi connectivity index (χ0v) is 19.3. The van der Waals surface area contributed by atoms with E-state index in [1.807, 2.05) is 6.07 Å². The molecule has 2 aliphatic rings. The van der Waals surface area contributed by atoms with Crippen molar-refractivity contribution in [2.75, 3.05) is 4.90 Å². The Morgan fingerprint density at radius 3 is 2.59 bits per heavy atom. The van der Waals surface area contributed by atoms with E-state index in [1.165, 1.54) is 23.1 Å². The number of hydrogen-bond acceptors (Lipinski definition) is 7. The minimum atomic E-state index is -0.445. The van der Waals surface area contributed by atoms with Crippen molar-refractivity contribution < 1.29 is 0 Å². The number of aromatic nitrogens is 1. The molecule has 1 saturated carbocycles. The Morgan fingerprint density at radius 1 is 1.00 bits per heavy atom. The van der Waals surface area contributed by atoms with Gasteiger partial charge in [-0.05, 0) is 57.2 Å². The molecule has 4 N–H and O–H groups in total. The highest BCUT2D eigenvalue weighted by Crippen LogP contribution is 2.41. The molecule has 2 heterocycles. The number of aryl methyl sites for hydroxylation is 2. The fourth-order valence-corrected chi connectivity index (χ4v) is 5.72. The normalized spacial score (nSPS) is 17.9. The van der Waals surface area contributed by atoms with Crippen LogP contribution < -0.4 is 16.4 Å². The maximum atomic E-state index is 6.41. The van der Waals surface area contributed by atoms with Crippen molar-refractivity contribution in [3.8, 4) is 21.8 Å². The van der Waals surface area contributed by atoms with Crippen molar-refractivity contribution in [1.29, 1.82) is 0 Å². The summed E-state index contributed by atoms with van der Waals surface area (Å²) in [7, 11) is 0. The smallest absolute Gasteiger partial charge is 0.220 e. The van der Waals surface area contributed by atoms with Gasteiger partial charge in [0.15, 0.2) is 0 Å². The van der Waals surface area contributed by atoms with Crippen LogP contribution in [0.5, 0.6) is 0 Å². The van der Waals surface area contributed by atoms with Crippen molar-refractivity contribution in [2.45, 2.75) is 51.6 Å². The molecule has 1 spiro atoms. The highest BCUT2D eigenvalue weighted by Gasteiger charge is 2.42. The molecular weight excluding hydrogens is 416 g/mol. The van der Waals surface area contributed by atoms with Gasteiger partial charge >= 0.3 is 0 Å². The number of thiazole rings is 1. The number of anilines is 1. The van der Waals surface area contributed by atoms with E-state index in [0.717, 1.165) is 47.6 Å². The maximum Gasteiger partial charge on any atom is 0.220 e. The van der Waals surface area contributed by atoms with Crippen LogP contribution >= 0.6 is 11.3 Å². The Labute approximate surface area is 192 Å². The van der Waals surface area contributed by atoms with Crippen LogP contribution in [0, 0.1) is 13.8 Å². The molecule has 1 aromatic heterocycles. The molecule has 1 fully saturated rings. The molecule has 0 atom stereocenters. The summed E-state index contributed by atoms with van der Waals surface area (Å²) in [6, 6.07) is 14.8. The van der Waals surface area contributed by atoms with Gasteiger partial charge in [0.05, 0.1) is 5.69 Å². The number of hydrogen-bond donors (Lipinski definition) is 2. The lowest BCUT2D eigenvalue weighted by molar-refractivity contribution is 0.305. The first kappa shape index (κ1) is 20.7. The van der Waals surface area contributed by atoms with Gasteiger partial charge < -0.3 is 11.5 Å². The van der Waals surface area contributed by atoms with E-state index < -0.39 is 5.66 Å². The van der Waals surface area contributed by atoms with E-state index in [1.54, 1.807) is 11.3 Å². The lowest BCUT2D eigenvalue weighted by Crippen LogP contribution is -2.58. The number of benzene rings is 2. The van der Waals surface area contributed by atoms with Crippen LogP contribution in [0.15, 0.2) is 57.8 Å². The molecule has 6 nitrogen and oxygen atoms in total. The summed E-state index contributed by atoms with van der Waals surface area (Å²) in [6.07, 6.45) is 5.25. The fourth-order valence-electron chi connectivity index (χ4n) is 4.90. The second-order valence-corrected chi connectivity index (χ2v) is 9.58. The van der Waals surface area contributed by atoms with Crippen LogP contribution in [0.1, 0.15) is 43.2 Å². The Balaban J connectivity index is 1.51. The van der Waals surface area contributed by atoms with Gasteiger partial charge in [0.2, 0.25) is 11.9 Å². The quantitative estimate of drug-likeness (QED) is 0.580. The molecule has 2 aromatic carbocycles. The summed E-state index contributed by atoms with van der Waals surface area (Å²) in [5, 5.41) is 3.11. The van der Waals surface area contributed by atoms with E-state index in [-0.39, 0.29) is 5.96 Å². The van der Waals surface area contributed by atoms with E-state index in [0.29, 0.717) is 5.96 Å². The van der Waals surface area contributed by atoms with Gasteiger partial charge in [-0.25, -0.2) is 9.98 Å². The van der Waals surface area contributed by atoms with E-state index >= 15 is 0 Å². The molecule has 3 aromatic rings. The van der Waals surface area contributed by atoms with Crippen molar-refractivity contribution in [1.82, 2.24) is 4.98 Å². The molecule has 32 heavy (non-hydrogen) atoms. The second kappa shape index (κ2) is 8.06. The highest BCUT2D eigenvalue weighted by molar-refractivity contribution is 7.13. The summed E-state index contributed by atoms with van der Waals surface area (Å²) in [5.74, 6) is 0.682. The first-order valence-corrected chi connectivity index (χ1v) is 12.0. The minimum absolute atomic E-state index is 0.273. The predicted molar refractivity (Wildman–Crippen MR) is 134 cm³/mol. The predicted octanol–water partition coefficient (Wildman–Crippen LogP) is 5.20. The maximum absolute atomic E-state index is 6.41. The summed E-state index contributed by atoms with van der Waals surface area (Å²) in [4.78, 5) is 16.1. The van der Waals surface area contributed by atoms with Gasteiger partial charge in [-0.3, -0.25) is 4.90 Å². The van der Waals surface area contributed by atoms with Crippen molar-refractivity contribution in [2.24, 2.45) is 21.5 Å². The van der Waals surface area contributed by atoms with Crippen molar-refractivity contribution in [3.63, 3.8) is 0 Å². The molecule has 0 radical (unpaired) electrons. The zero-order valence-electron chi connectivity index (χ0n) is 18.5. The minimum Gasteiger partial charge on any atom is -0.369 e. The number of rotatable bonds is 3. The Morgan fingerprint density at radius 2 is 1.81 bits per heavy atom. The van der Waals surface area contributed by atoms with Gasteiger partial charge in [-0.2, -0.15) is 4.99 Å². The average molecular weight is 445 g/mol. The Bertz CT molecular complexity index is 1220. The topological polar surface area (TPSA) is 92.9 Å². The highest BCUT2D eigenvalue weighted by atomic mass is 32.1. The molecule has 0 unspecified atom stereocenters. The lowest BCUT2D eigenvalue weighted by Gasteiger charge is -2.45. The lowest BCUT2D eigenvalue weighted by atomic mass is 9.87. The monoisotopic (exact) mass is 444 g/mol. The van der Waals surface area contributed by atoms with Gasteiger partial charge in [-0.1, -0.05) is 42.3 Å². The third-order valence-electron chi connectivity index (χ3n) is 6.36. The molecular formula is C25H28N6S. The van der Waals surface area contributed by atoms with Gasteiger partial charge in [0, 0.05) is 22.2 Å². The van der Waals surface area contributed by atoms with Crippen LogP contribution in [0.25, 0.3) is 21.8 Å². The number of nitrogens with zero attached hydrogens (tertiary/aromatic N) is 4.